The standard InChI is InChI=1S/C20H24N2O5/c1-26-19(24)14-6-7-17-16(12-14)22(20(25)27-17)15-8-10-21(11-9-15)18(23)13-4-2-3-5-13/h6-7,12-13,15H,2-5,8-11H2,1H3. The maximum Gasteiger partial charge on any atom is 0.420 e. The molecule has 1 saturated carbocycles. The first-order valence-corrected chi connectivity index (χ1v) is 9.60. The zero-order valence-electron chi connectivity index (χ0n) is 15.5. The fraction of sp³-hybridized carbons (Fsp3) is 0.550. The van der Waals surface area contributed by atoms with Crippen molar-refractivity contribution in [2.24, 2.45) is 5.92 Å². The van der Waals surface area contributed by atoms with E-state index in [1.165, 1.54) is 7.11 Å². The second-order valence-electron chi connectivity index (χ2n) is 7.45. The number of methoxy groups -OCH3 is 1. The summed E-state index contributed by atoms with van der Waals surface area (Å²) in [7, 11) is 1.33. The van der Waals surface area contributed by atoms with Gasteiger partial charge in [0.15, 0.2) is 5.58 Å². The van der Waals surface area contributed by atoms with Gasteiger partial charge in [-0.15, -0.1) is 0 Å². The van der Waals surface area contributed by atoms with Crippen molar-refractivity contribution in [3.63, 3.8) is 0 Å². The first kappa shape index (κ1) is 17.8. The minimum absolute atomic E-state index is 0.0423. The van der Waals surface area contributed by atoms with E-state index in [9.17, 15) is 14.4 Å². The Kier molecular flexibility index (Phi) is 4.76. The molecular weight excluding hydrogens is 348 g/mol. The van der Waals surface area contributed by atoms with Crippen molar-refractivity contribution in [2.45, 2.75) is 44.6 Å². The first-order valence-electron chi connectivity index (χ1n) is 9.60. The number of hydrogen-bond donors (Lipinski definition) is 0. The molecule has 0 radical (unpaired) electrons. The van der Waals surface area contributed by atoms with E-state index in [0.29, 0.717) is 42.6 Å². The van der Waals surface area contributed by atoms with Crippen LogP contribution in [0.5, 0.6) is 0 Å². The molecule has 0 bridgehead atoms. The molecule has 1 amide bonds. The second kappa shape index (κ2) is 7.21. The predicted molar refractivity (Wildman–Crippen MR) is 98.6 cm³/mol. The molecule has 2 aromatic rings. The van der Waals surface area contributed by atoms with Crippen LogP contribution in [0.4, 0.5) is 0 Å². The highest BCUT2D eigenvalue weighted by Crippen LogP contribution is 2.30. The molecule has 1 aromatic heterocycles. The van der Waals surface area contributed by atoms with Crippen molar-refractivity contribution in [3.05, 3.63) is 34.3 Å². The van der Waals surface area contributed by atoms with Gasteiger partial charge in [0, 0.05) is 25.0 Å². The van der Waals surface area contributed by atoms with E-state index in [1.807, 2.05) is 4.90 Å². The number of carbonyl (C=O) groups excluding carboxylic acids is 2. The van der Waals surface area contributed by atoms with Crippen molar-refractivity contribution in [2.75, 3.05) is 20.2 Å². The number of aromatic nitrogens is 1. The molecule has 0 spiro atoms. The van der Waals surface area contributed by atoms with Gasteiger partial charge < -0.3 is 14.1 Å². The van der Waals surface area contributed by atoms with Crippen LogP contribution in [0.25, 0.3) is 11.1 Å². The molecule has 7 heteroatoms. The van der Waals surface area contributed by atoms with Gasteiger partial charge in [0.1, 0.15) is 0 Å². The van der Waals surface area contributed by atoms with Gasteiger partial charge in [-0.25, -0.2) is 9.59 Å². The lowest BCUT2D eigenvalue weighted by molar-refractivity contribution is -0.136. The summed E-state index contributed by atoms with van der Waals surface area (Å²) < 4.78 is 11.7. The monoisotopic (exact) mass is 372 g/mol. The average molecular weight is 372 g/mol. The van der Waals surface area contributed by atoms with E-state index in [1.54, 1.807) is 22.8 Å². The zero-order valence-corrected chi connectivity index (χ0v) is 15.5. The van der Waals surface area contributed by atoms with Crippen LogP contribution < -0.4 is 5.76 Å². The van der Waals surface area contributed by atoms with Crippen molar-refractivity contribution >= 4 is 23.0 Å². The molecule has 0 atom stereocenters. The van der Waals surface area contributed by atoms with Crippen LogP contribution in [0.15, 0.2) is 27.4 Å². The number of benzene rings is 1. The maximum absolute atomic E-state index is 12.6. The minimum Gasteiger partial charge on any atom is -0.465 e. The number of oxazole rings is 1. The van der Waals surface area contributed by atoms with Gasteiger partial charge in [-0.3, -0.25) is 9.36 Å². The number of amides is 1. The van der Waals surface area contributed by atoms with E-state index >= 15 is 0 Å². The molecule has 0 unspecified atom stereocenters. The Balaban J connectivity index is 1.54. The first-order chi connectivity index (χ1) is 13.1. The third kappa shape index (κ3) is 3.26. The van der Waals surface area contributed by atoms with Gasteiger partial charge in [-0.2, -0.15) is 0 Å². The molecule has 2 aliphatic rings. The van der Waals surface area contributed by atoms with E-state index in [0.717, 1.165) is 25.7 Å². The van der Waals surface area contributed by atoms with Crippen LogP contribution in [0, 0.1) is 5.92 Å². The lowest BCUT2D eigenvalue weighted by Gasteiger charge is -2.33. The summed E-state index contributed by atoms with van der Waals surface area (Å²) in [5.41, 5.74) is 1.44. The van der Waals surface area contributed by atoms with Gasteiger partial charge >= 0.3 is 11.7 Å². The van der Waals surface area contributed by atoms with Crippen LogP contribution in [0.3, 0.4) is 0 Å². The van der Waals surface area contributed by atoms with E-state index in [2.05, 4.69) is 0 Å². The fourth-order valence-corrected chi connectivity index (χ4v) is 4.40. The van der Waals surface area contributed by atoms with Crippen molar-refractivity contribution < 1.29 is 18.7 Å². The predicted octanol–water partition coefficient (Wildman–Crippen LogP) is 2.73. The summed E-state index contributed by atoms with van der Waals surface area (Å²) in [5.74, 6) is -0.424. The zero-order chi connectivity index (χ0) is 19.0. The molecular formula is C20H24N2O5. The SMILES string of the molecule is COC(=O)c1ccc2oc(=O)n(C3CCN(C(=O)C4CCCC4)CC3)c2c1. The molecule has 1 aromatic carbocycles. The molecule has 4 rings (SSSR count). The molecule has 2 fully saturated rings. The summed E-state index contributed by atoms with van der Waals surface area (Å²) >= 11 is 0. The fourth-order valence-electron chi connectivity index (χ4n) is 4.40. The normalized spacial score (nSPS) is 18.9. The highest BCUT2D eigenvalue weighted by molar-refractivity contribution is 5.93. The van der Waals surface area contributed by atoms with E-state index < -0.39 is 11.7 Å². The topological polar surface area (TPSA) is 81.8 Å². The Hall–Kier alpha value is -2.57. The number of carbonyl (C=O) groups is 2. The molecule has 0 N–H and O–H groups in total. The van der Waals surface area contributed by atoms with Crippen molar-refractivity contribution in [3.8, 4) is 0 Å². The van der Waals surface area contributed by atoms with Gasteiger partial charge in [0.2, 0.25) is 5.91 Å². The van der Waals surface area contributed by atoms with Gasteiger partial charge in [-0.1, -0.05) is 12.8 Å². The Labute approximate surface area is 156 Å². The molecule has 2 heterocycles. The van der Waals surface area contributed by atoms with Gasteiger partial charge in [-0.05, 0) is 43.9 Å². The Bertz CT molecular complexity index is 914. The Morgan fingerprint density at radius 1 is 1.11 bits per heavy atom. The molecule has 1 aliphatic carbocycles. The number of likely N-dealkylation sites (tertiary alicyclic amines) is 1. The number of piperidine rings is 1. The van der Waals surface area contributed by atoms with Crippen LogP contribution in [0.1, 0.15) is 54.9 Å². The molecule has 7 nitrogen and oxygen atoms in total. The smallest absolute Gasteiger partial charge is 0.420 e. The largest absolute Gasteiger partial charge is 0.465 e. The second-order valence-corrected chi connectivity index (χ2v) is 7.45. The number of hydrogen-bond acceptors (Lipinski definition) is 5. The van der Waals surface area contributed by atoms with E-state index in [-0.39, 0.29) is 17.9 Å². The molecule has 1 saturated heterocycles. The van der Waals surface area contributed by atoms with Crippen LogP contribution in [0.2, 0.25) is 0 Å². The van der Waals surface area contributed by atoms with Gasteiger partial charge in [0.25, 0.3) is 0 Å². The highest BCUT2D eigenvalue weighted by atomic mass is 16.5. The summed E-state index contributed by atoms with van der Waals surface area (Å²) in [6.45, 7) is 1.30. The third-order valence-electron chi connectivity index (χ3n) is 5.88. The lowest BCUT2D eigenvalue weighted by Crippen LogP contribution is -2.42. The number of fused-ring (bicyclic) bond motifs is 1. The number of ether oxygens (including phenoxy) is 1. The Morgan fingerprint density at radius 3 is 2.48 bits per heavy atom. The lowest BCUT2D eigenvalue weighted by atomic mass is 10.0. The Morgan fingerprint density at radius 2 is 1.81 bits per heavy atom. The number of nitrogens with zero attached hydrogens (tertiary/aromatic N) is 2. The molecule has 27 heavy (non-hydrogen) atoms. The number of rotatable bonds is 3. The van der Waals surface area contributed by atoms with Crippen LogP contribution >= 0.6 is 0 Å². The van der Waals surface area contributed by atoms with Crippen LogP contribution in [-0.4, -0.2) is 41.5 Å². The summed E-state index contributed by atoms with van der Waals surface area (Å²) in [6.07, 6.45) is 5.70. The molecule has 144 valence electrons. The molecule has 1 aliphatic heterocycles. The quantitative estimate of drug-likeness (QED) is 0.774. The highest BCUT2D eigenvalue weighted by Gasteiger charge is 2.31. The van der Waals surface area contributed by atoms with Crippen LogP contribution in [-0.2, 0) is 9.53 Å². The summed E-state index contributed by atoms with van der Waals surface area (Å²) in [4.78, 5) is 38.8. The van der Waals surface area contributed by atoms with E-state index in [4.69, 9.17) is 9.15 Å². The summed E-state index contributed by atoms with van der Waals surface area (Å²) in [5, 5.41) is 0. The minimum atomic E-state index is -0.450. The van der Waals surface area contributed by atoms with Crippen molar-refractivity contribution in [1.29, 1.82) is 0 Å². The summed E-state index contributed by atoms with van der Waals surface area (Å²) in [6, 6.07) is 4.81. The maximum atomic E-state index is 12.6. The average Bonchev–Trinajstić information content (AvgIpc) is 3.33. The van der Waals surface area contributed by atoms with Crippen molar-refractivity contribution in [1.82, 2.24) is 9.47 Å². The number of esters is 1. The third-order valence-corrected chi connectivity index (χ3v) is 5.88. The van der Waals surface area contributed by atoms with Gasteiger partial charge in [0.05, 0.1) is 18.2 Å².